The van der Waals surface area contributed by atoms with Crippen molar-refractivity contribution in [1.82, 2.24) is 10.0 Å². The first-order valence-electron chi connectivity index (χ1n) is 7.51. The highest BCUT2D eigenvalue weighted by molar-refractivity contribution is 7.89. The monoisotopic (exact) mass is 382 g/mol. The van der Waals surface area contributed by atoms with Crippen LogP contribution in [0, 0.1) is 0 Å². The summed E-state index contributed by atoms with van der Waals surface area (Å²) in [7, 11) is -2.45. The highest BCUT2D eigenvalue weighted by atomic mass is 35.5. The van der Waals surface area contributed by atoms with Gasteiger partial charge in [-0.1, -0.05) is 41.9 Å². The molecular weight excluding hydrogens is 364 g/mol. The van der Waals surface area contributed by atoms with Gasteiger partial charge in [0.1, 0.15) is 5.75 Å². The number of carbonyl (C=O) groups excluding carboxylic acids is 1. The molecule has 1 atom stereocenters. The van der Waals surface area contributed by atoms with E-state index in [0.29, 0.717) is 12.3 Å². The Labute approximate surface area is 152 Å². The summed E-state index contributed by atoms with van der Waals surface area (Å²) in [6.45, 7) is 1.79. The summed E-state index contributed by atoms with van der Waals surface area (Å²) in [6, 6.07) is 12.5. The van der Waals surface area contributed by atoms with Crippen LogP contribution in [-0.2, 0) is 21.4 Å². The SMILES string of the molecule is COc1ccc(S(=O)(=O)N[C@@H](C)C(=O)NCc2ccccc2)cc1Cl. The highest BCUT2D eigenvalue weighted by Gasteiger charge is 2.22. The van der Waals surface area contributed by atoms with E-state index in [1.165, 1.54) is 32.2 Å². The van der Waals surface area contributed by atoms with Crippen molar-refractivity contribution in [3.05, 3.63) is 59.1 Å². The van der Waals surface area contributed by atoms with E-state index in [2.05, 4.69) is 10.0 Å². The van der Waals surface area contributed by atoms with E-state index in [0.717, 1.165) is 5.56 Å². The van der Waals surface area contributed by atoms with Crippen LogP contribution in [0.3, 0.4) is 0 Å². The van der Waals surface area contributed by atoms with Crippen molar-refractivity contribution in [2.45, 2.75) is 24.4 Å². The zero-order valence-corrected chi connectivity index (χ0v) is 15.4. The first-order valence-corrected chi connectivity index (χ1v) is 9.37. The van der Waals surface area contributed by atoms with Gasteiger partial charge in [0.05, 0.1) is 23.1 Å². The molecule has 8 heteroatoms. The molecule has 0 aliphatic heterocycles. The lowest BCUT2D eigenvalue weighted by atomic mass is 10.2. The summed E-state index contributed by atoms with van der Waals surface area (Å²) in [6.07, 6.45) is 0. The van der Waals surface area contributed by atoms with Crippen molar-refractivity contribution in [3.63, 3.8) is 0 Å². The van der Waals surface area contributed by atoms with Gasteiger partial charge in [-0.2, -0.15) is 4.72 Å². The fourth-order valence-electron chi connectivity index (χ4n) is 2.11. The van der Waals surface area contributed by atoms with E-state index in [1.807, 2.05) is 30.3 Å². The number of amides is 1. The molecular formula is C17H19ClN2O4S. The number of rotatable bonds is 7. The smallest absolute Gasteiger partial charge is 0.241 e. The van der Waals surface area contributed by atoms with Crippen molar-refractivity contribution in [2.75, 3.05) is 7.11 Å². The average molecular weight is 383 g/mol. The number of carbonyl (C=O) groups is 1. The molecule has 0 heterocycles. The summed E-state index contributed by atoms with van der Waals surface area (Å²) < 4.78 is 32.1. The van der Waals surface area contributed by atoms with Crippen LogP contribution in [0.25, 0.3) is 0 Å². The maximum atomic E-state index is 12.4. The van der Waals surface area contributed by atoms with Gasteiger partial charge in [-0.3, -0.25) is 4.79 Å². The first-order chi connectivity index (χ1) is 11.8. The number of ether oxygens (including phenoxy) is 1. The third-order valence-corrected chi connectivity index (χ3v) is 5.30. The summed E-state index contributed by atoms with van der Waals surface area (Å²) in [5.41, 5.74) is 0.924. The van der Waals surface area contributed by atoms with Crippen molar-refractivity contribution in [3.8, 4) is 5.75 Å². The van der Waals surface area contributed by atoms with E-state index < -0.39 is 22.0 Å². The van der Waals surface area contributed by atoms with Crippen LogP contribution in [0.4, 0.5) is 0 Å². The second-order valence-corrected chi connectivity index (χ2v) is 7.46. The highest BCUT2D eigenvalue weighted by Crippen LogP contribution is 2.26. The number of hydrogen-bond donors (Lipinski definition) is 2. The molecule has 6 nitrogen and oxygen atoms in total. The van der Waals surface area contributed by atoms with Gasteiger partial charge in [0, 0.05) is 6.54 Å². The van der Waals surface area contributed by atoms with Crippen LogP contribution < -0.4 is 14.8 Å². The van der Waals surface area contributed by atoms with Crippen LogP contribution in [0.1, 0.15) is 12.5 Å². The zero-order chi connectivity index (χ0) is 18.4. The molecule has 25 heavy (non-hydrogen) atoms. The van der Waals surface area contributed by atoms with Gasteiger partial charge in [-0.25, -0.2) is 8.42 Å². The topological polar surface area (TPSA) is 84.5 Å². The molecule has 0 aliphatic rings. The minimum Gasteiger partial charge on any atom is -0.495 e. The molecule has 2 N–H and O–H groups in total. The van der Waals surface area contributed by atoms with E-state index in [4.69, 9.17) is 16.3 Å². The van der Waals surface area contributed by atoms with Crippen molar-refractivity contribution in [2.24, 2.45) is 0 Å². The van der Waals surface area contributed by atoms with E-state index >= 15 is 0 Å². The molecule has 0 fully saturated rings. The second-order valence-electron chi connectivity index (χ2n) is 5.34. The number of nitrogens with one attached hydrogen (secondary N) is 2. The average Bonchev–Trinajstić information content (AvgIpc) is 2.60. The van der Waals surface area contributed by atoms with Crippen LogP contribution in [0.2, 0.25) is 5.02 Å². The van der Waals surface area contributed by atoms with Crippen LogP contribution in [0.5, 0.6) is 5.75 Å². The third kappa shape index (κ3) is 5.19. The van der Waals surface area contributed by atoms with Gasteiger partial charge in [-0.15, -0.1) is 0 Å². The fraction of sp³-hybridized carbons (Fsp3) is 0.235. The zero-order valence-electron chi connectivity index (χ0n) is 13.8. The lowest BCUT2D eigenvalue weighted by Gasteiger charge is -2.15. The predicted molar refractivity (Wildman–Crippen MR) is 96.1 cm³/mol. The standard InChI is InChI=1S/C17H19ClN2O4S/c1-12(17(21)19-11-13-6-4-3-5-7-13)20-25(22,23)14-8-9-16(24-2)15(18)10-14/h3-10,12,20H,11H2,1-2H3,(H,19,21)/t12-/m0/s1. The lowest BCUT2D eigenvalue weighted by Crippen LogP contribution is -2.44. The predicted octanol–water partition coefficient (Wildman–Crippen LogP) is 2.33. The van der Waals surface area contributed by atoms with Gasteiger partial charge in [0.15, 0.2) is 0 Å². The Morgan fingerprint density at radius 2 is 1.88 bits per heavy atom. The maximum absolute atomic E-state index is 12.4. The van der Waals surface area contributed by atoms with E-state index in [9.17, 15) is 13.2 Å². The summed E-state index contributed by atoms with van der Waals surface area (Å²) in [5.74, 6) is -0.0543. The van der Waals surface area contributed by atoms with Crippen molar-refractivity contribution in [1.29, 1.82) is 0 Å². The molecule has 2 aromatic rings. The molecule has 0 unspecified atom stereocenters. The van der Waals surface area contributed by atoms with E-state index in [1.54, 1.807) is 0 Å². The van der Waals surface area contributed by atoms with Crippen molar-refractivity contribution < 1.29 is 17.9 Å². The summed E-state index contributed by atoms with van der Waals surface area (Å²) >= 11 is 5.96. The molecule has 2 aromatic carbocycles. The molecule has 134 valence electrons. The lowest BCUT2D eigenvalue weighted by molar-refractivity contribution is -0.122. The Morgan fingerprint density at radius 3 is 2.48 bits per heavy atom. The Balaban J connectivity index is 2.01. The quantitative estimate of drug-likeness (QED) is 0.769. The minimum atomic E-state index is -3.89. The van der Waals surface area contributed by atoms with Gasteiger partial charge < -0.3 is 10.1 Å². The van der Waals surface area contributed by atoms with Gasteiger partial charge in [-0.05, 0) is 30.7 Å². The van der Waals surface area contributed by atoms with Gasteiger partial charge in [0.2, 0.25) is 15.9 Å². The van der Waals surface area contributed by atoms with Gasteiger partial charge >= 0.3 is 0 Å². The normalized spacial score (nSPS) is 12.4. The number of methoxy groups -OCH3 is 1. The molecule has 0 saturated carbocycles. The van der Waals surface area contributed by atoms with Crippen LogP contribution in [-0.4, -0.2) is 27.5 Å². The number of sulfonamides is 1. The molecule has 0 saturated heterocycles. The second kappa shape index (κ2) is 8.33. The number of halogens is 1. The number of benzene rings is 2. The fourth-order valence-corrected chi connectivity index (χ4v) is 3.66. The Hall–Kier alpha value is -2.09. The molecule has 0 bridgehead atoms. The largest absolute Gasteiger partial charge is 0.495 e. The number of hydrogen-bond acceptors (Lipinski definition) is 4. The molecule has 2 rings (SSSR count). The van der Waals surface area contributed by atoms with E-state index in [-0.39, 0.29) is 9.92 Å². The maximum Gasteiger partial charge on any atom is 0.241 e. The molecule has 0 radical (unpaired) electrons. The molecule has 0 aliphatic carbocycles. The summed E-state index contributed by atoms with van der Waals surface area (Å²) in [5, 5.41) is 2.86. The molecule has 0 aromatic heterocycles. The molecule has 1 amide bonds. The first kappa shape index (κ1) is 19.2. The Bertz CT molecular complexity index is 841. The molecule has 0 spiro atoms. The summed E-state index contributed by atoms with van der Waals surface area (Å²) in [4.78, 5) is 12.1. The van der Waals surface area contributed by atoms with Crippen molar-refractivity contribution >= 4 is 27.5 Å². The minimum absolute atomic E-state index is 0.0407. The third-order valence-electron chi connectivity index (χ3n) is 3.47. The Kier molecular flexibility index (Phi) is 6.41. The van der Waals surface area contributed by atoms with Crippen LogP contribution in [0.15, 0.2) is 53.4 Å². The Morgan fingerprint density at radius 1 is 1.20 bits per heavy atom. The van der Waals surface area contributed by atoms with Crippen LogP contribution >= 0.6 is 11.6 Å². The van der Waals surface area contributed by atoms with Gasteiger partial charge in [0.25, 0.3) is 0 Å².